The Bertz CT molecular complexity index is 499. The molecule has 1 aromatic rings. The SMILES string of the molecule is CCNC1CCC(N(C)C(=O)c2ccc(F)cc2O)CC1. The average molecular weight is 294 g/mol. The molecule has 0 unspecified atom stereocenters. The summed E-state index contributed by atoms with van der Waals surface area (Å²) in [4.78, 5) is 14.1. The molecule has 1 fully saturated rings. The molecule has 21 heavy (non-hydrogen) atoms. The molecule has 1 aliphatic carbocycles. The van der Waals surface area contributed by atoms with Gasteiger partial charge < -0.3 is 15.3 Å². The van der Waals surface area contributed by atoms with Crippen molar-refractivity contribution in [3.63, 3.8) is 0 Å². The number of hydrogen-bond donors (Lipinski definition) is 2. The highest BCUT2D eigenvalue weighted by atomic mass is 19.1. The Morgan fingerprint density at radius 1 is 1.38 bits per heavy atom. The van der Waals surface area contributed by atoms with E-state index in [4.69, 9.17) is 0 Å². The van der Waals surface area contributed by atoms with E-state index in [0.717, 1.165) is 38.3 Å². The fourth-order valence-corrected chi connectivity index (χ4v) is 3.00. The van der Waals surface area contributed by atoms with Crippen LogP contribution < -0.4 is 5.32 Å². The molecule has 2 N–H and O–H groups in total. The van der Waals surface area contributed by atoms with Crippen LogP contribution in [-0.2, 0) is 0 Å². The highest BCUT2D eigenvalue weighted by Crippen LogP contribution is 2.26. The number of phenols is 1. The van der Waals surface area contributed by atoms with Crippen LogP contribution in [0.2, 0.25) is 0 Å². The number of halogens is 1. The Kier molecular flexibility index (Phi) is 5.17. The number of hydrogen-bond acceptors (Lipinski definition) is 3. The second-order valence-corrected chi connectivity index (χ2v) is 5.64. The molecule has 5 heteroatoms. The van der Waals surface area contributed by atoms with Crippen LogP contribution in [0.25, 0.3) is 0 Å². The number of nitrogens with zero attached hydrogens (tertiary/aromatic N) is 1. The van der Waals surface area contributed by atoms with Gasteiger partial charge in [-0.15, -0.1) is 0 Å². The molecule has 0 bridgehead atoms. The molecule has 1 aliphatic rings. The topological polar surface area (TPSA) is 52.6 Å². The van der Waals surface area contributed by atoms with Crippen molar-refractivity contribution in [1.82, 2.24) is 10.2 Å². The largest absolute Gasteiger partial charge is 0.507 e. The zero-order chi connectivity index (χ0) is 15.4. The molecule has 0 saturated heterocycles. The molecule has 116 valence electrons. The molecule has 2 rings (SSSR count). The summed E-state index contributed by atoms with van der Waals surface area (Å²) < 4.78 is 13.0. The van der Waals surface area contributed by atoms with Crippen molar-refractivity contribution in [1.29, 1.82) is 0 Å². The van der Waals surface area contributed by atoms with Crippen LogP contribution in [0.5, 0.6) is 5.75 Å². The van der Waals surface area contributed by atoms with E-state index in [0.29, 0.717) is 6.04 Å². The van der Waals surface area contributed by atoms with Gasteiger partial charge in [0, 0.05) is 25.2 Å². The highest BCUT2D eigenvalue weighted by Gasteiger charge is 2.27. The second kappa shape index (κ2) is 6.89. The van der Waals surface area contributed by atoms with E-state index in [9.17, 15) is 14.3 Å². The lowest BCUT2D eigenvalue weighted by molar-refractivity contribution is 0.0681. The lowest BCUT2D eigenvalue weighted by Crippen LogP contribution is -2.43. The Hall–Kier alpha value is -1.62. The zero-order valence-electron chi connectivity index (χ0n) is 12.6. The summed E-state index contributed by atoms with van der Waals surface area (Å²) in [6.45, 7) is 3.06. The zero-order valence-corrected chi connectivity index (χ0v) is 12.6. The van der Waals surface area contributed by atoms with E-state index >= 15 is 0 Å². The van der Waals surface area contributed by atoms with Crippen LogP contribution in [0.4, 0.5) is 4.39 Å². The van der Waals surface area contributed by atoms with E-state index in [1.807, 2.05) is 0 Å². The summed E-state index contributed by atoms with van der Waals surface area (Å²) in [5, 5.41) is 13.2. The summed E-state index contributed by atoms with van der Waals surface area (Å²) in [6, 6.07) is 4.23. The van der Waals surface area contributed by atoms with Gasteiger partial charge in [-0.3, -0.25) is 4.79 Å². The minimum Gasteiger partial charge on any atom is -0.507 e. The van der Waals surface area contributed by atoms with Gasteiger partial charge in [-0.25, -0.2) is 4.39 Å². The highest BCUT2D eigenvalue weighted by molar-refractivity contribution is 5.96. The van der Waals surface area contributed by atoms with Crippen LogP contribution in [0, 0.1) is 5.82 Å². The number of carbonyl (C=O) groups excluding carboxylic acids is 1. The average Bonchev–Trinajstić information content (AvgIpc) is 2.47. The van der Waals surface area contributed by atoms with Gasteiger partial charge in [0.15, 0.2) is 0 Å². The third-order valence-electron chi connectivity index (χ3n) is 4.25. The van der Waals surface area contributed by atoms with Gasteiger partial charge in [-0.05, 0) is 44.4 Å². The fourth-order valence-electron chi connectivity index (χ4n) is 3.00. The molecule has 0 spiro atoms. The van der Waals surface area contributed by atoms with Crippen molar-refractivity contribution in [2.45, 2.75) is 44.7 Å². The third kappa shape index (κ3) is 3.73. The van der Waals surface area contributed by atoms with Crippen LogP contribution in [-0.4, -0.2) is 41.6 Å². The maximum Gasteiger partial charge on any atom is 0.257 e. The number of aromatic hydroxyl groups is 1. The molecular formula is C16H23FN2O2. The van der Waals surface area contributed by atoms with Crippen molar-refractivity contribution in [2.24, 2.45) is 0 Å². The minimum atomic E-state index is -0.544. The molecule has 0 aromatic heterocycles. The first-order chi connectivity index (χ1) is 10.0. The molecule has 1 amide bonds. The van der Waals surface area contributed by atoms with Crippen molar-refractivity contribution >= 4 is 5.91 Å². The number of phenolic OH excluding ortho intramolecular Hbond substituents is 1. The standard InChI is InChI=1S/C16H23FN2O2/c1-3-18-12-5-7-13(8-6-12)19(2)16(21)14-9-4-11(17)10-15(14)20/h4,9-10,12-13,18,20H,3,5-8H2,1-2H3. The predicted molar refractivity (Wildman–Crippen MR) is 79.9 cm³/mol. The smallest absolute Gasteiger partial charge is 0.257 e. The van der Waals surface area contributed by atoms with Crippen LogP contribution in [0.3, 0.4) is 0 Å². The molecule has 0 aliphatic heterocycles. The number of rotatable bonds is 4. The molecule has 0 heterocycles. The Balaban J connectivity index is 2.00. The number of amides is 1. The summed E-state index contributed by atoms with van der Waals surface area (Å²) in [7, 11) is 1.75. The van der Waals surface area contributed by atoms with Gasteiger partial charge >= 0.3 is 0 Å². The van der Waals surface area contributed by atoms with Crippen molar-refractivity contribution in [3.05, 3.63) is 29.6 Å². The first-order valence-corrected chi connectivity index (χ1v) is 7.52. The molecule has 1 aromatic carbocycles. The summed E-state index contributed by atoms with van der Waals surface area (Å²) in [5.74, 6) is -1.09. The molecule has 0 radical (unpaired) electrons. The summed E-state index contributed by atoms with van der Waals surface area (Å²) >= 11 is 0. The second-order valence-electron chi connectivity index (χ2n) is 5.64. The maximum absolute atomic E-state index is 13.0. The van der Waals surface area contributed by atoms with E-state index in [1.165, 1.54) is 12.1 Å². The Morgan fingerprint density at radius 2 is 2.05 bits per heavy atom. The van der Waals surface area contributed by atoms with Crippen LogP contribution in [0.15, 0.2) is 18.2 Å². The third-order valence-corrected chi connectivity index (χ3v) is 4.25. The number of carbonyl (C=O) groups is 1. The fraction of sp³-hybridized carbons (Fsp3) is 0.562. The number of nitrogens with one attached hydrogen (secondary N) is 1. The van der Waals surface area contributed by atoms with Gasteiger partial charge in [-0.2, -0.15) is 0 Å². The van der Waals surface area contributed by atoms with Crippen LogP contribution >= 0.6 is 0 Å². The van der Waals surface area contributed by atoms with Gasteiger partial charge in [0.1, 0.15) is 11.6 Å². The van der Waals surface area contributed by atoms with Gasteiger partial charge in [0.2, 0.25) is 0 Å². The van der Waals surface area contributed by atoms with Crippen molar-refractivity contribution in [3.8, 4) is 5.75 Å². The summed E-state index contributed by atoms with van der Waals surface area (Å²) in [5.41, 5.74) is 0.160. The van der Waals surface area contributed by atoms with Gasteiger partial charge in [0.25, 0.3) is 5.91 Å². The lowest BCUT2D eigenvalue weighted by Gasteiger charge is -2.35. The number of benzene rings is 1. The van der Waals surface area contributed by atoms with E-state index < -0.39 is 5.82 Å². The predicted octanol–water partition coefficient (Wildman–Crippen LogP) is 2.52. The van der Waals surface area contributed by atoms with E-state index in [2.05, 4.69) is 12.2 Å². The van der Waals surface area contributed by atoms with Gasteiger partial charge in [0.05, 0.1) is 5.56 Å². The minimum absolute atomic E-state index is 0.160. The molecule has 0 atom stereocenters. The summed E-state index contributed by atoms with van der Waals surface area (Å²) in [6.07, 6.45) is 3.99. The van der Waals surface area contributed by atoms with Gasteiger partial charge in [-0.1, -0.05) is 6.92 Å². The Labute approximate surface area is 125 Å². The first kappa shape index (κ1) is 15.8. The quantitative estimate of drug-likeness (QED) is 0.897. The normalized spacial score (nSPS) is 22.0. The molecule has 1 saturated carbocycles. The first-order valence-electron chi connectivity index (χ1n) is 7.52. The monoisotopic (exact) mass is 294 g/mol. The molecular weight excluding hydrogens is 271 g/mol. The van der Waals surface area contributed by atoms with E-state index in [1.54, 1.807) is 11.9 Å². The van der Waals surface area contributed by atoms with Crippen molar-refractivity contribution in [2.75, 3.05) is 13.6 Å². The van der Waals surface area contributed by atoms with E-state index in [-0.39, 0.29) is 23.3 Å². The maximum atomic E-state index is 13.0. The van der Waals surface area contributed by atoms with Crippen LogP contribution in [0.1, 0.15) is 43.0 Å². The van der Waals surface area contributed by atoms with Crippen molar-refractivity contribution < 1.29 is 14.3 Å². The Morgan fingerprint density at radius 3 is 2.62 bits per heavy atom. The molecule has 4 nitrogen and oxygen atoms in total. The lowest BCUT2D eigenvalue weighted by atomic mass is 9.90.